The molecule has 0 saturated heterocycles. The fourth-order valence-corrected chi connectivity index (χ4v) is 0.733. The number of rotatable bonds is 1. The van der Waals surface area contributed by atoms with Crippen LogP contribution in [0.25, 0.3) is 5.70 Å². The maximum atomic E-state index is 8.49. The van der Waals surface area contributed by atoms with Crippen molar-refractivity contribution in [2.24, 2.45) is 7.05 Å². The minimum absolute atomic E-state index is 0.186. The smallest absolute Gasteiger partial charge is 0.254 e. The van der Waals surface area contributed by atoms with E-state index in [2.05, 4.69) is 0 Å². The Kier molecular flexibility index (Phi) is 1.86. The molecule has 11 heavy (non-hydrogen) atoms. The Morgan fingerprint density at radius 3 is 2.82 bits per heavy atom. The minimum Gasteiger partial charge on any atom is -0.254 e. The van der Waals surface area contributed by atoms with Gasteiger partial charge in [0.2, 0.25) is 6.33 Å². The zero-order valence-corrected chi connectivity index (χ0v) is 6.07. The van der Waals surface area contributed by atoms with E-state index in [1.807, 2.05) is 19.0 Å². The first-order chi connectivity index (χ1) is 5.27. The number of hydrogen-bond donors (Lipinski definition) is 1. The molecule has 0 atom stereocenters. The van der Waals surface area contributed by atoms with Gasteiger partial charge in [-0.15, -0.1) is 0 Å². The number of hydrogen-bond acceptors (Lipinski definition) is 2. The summed E-state index contributed by atoms with van der Waals surface area (Å²) in [5.41, 5.74) is 0.186. The van der Waals surface area contributed by atoms with Crippen LogP contribution >= 0.6 is 0 Å². The van der Waals surface area contributed by atoms with Crippen LogP contribution in [-0.4, -0.2) is 10.4 Å². The summed E-state index contributed by atoms with van der Waals surface area (Å²) >= 11 is 0. The summed E-state index contributed by atoms with van der Waals surface area (Å²) in [4.78, 5) is 0. The van der Waals surface area contributed by atoms with Gasteiger partial charge in [-0.25, -0.2) is 4.57 Å². The fourth-order valence-electron chi connectivity index (χ4n) is 0.733. The van der Waals surface area contributed by atoms with Crippen molar-refractivity contribution in [3.63, 3.8) is 0 Å². The van der Waals surface area contributed by atoms with Crippen molar-refractivity contribution < 1.29 is 4.57 Å². The number of nitrogens with one attached hydrogen (secondary N) is 1. The highest BCUT2D eigenvalue weighted by molar-refractivity contribution is 5.86. The summed E-state index contributed by atoms with van der Waals surface area (Å²) < 4.78 is 3.32. The molecular formula is C7H7N4+. The first-order valence-corrected chi connectivity index (χ1v) is 3.01. The number of nitrogens with zero attached hydrogens (tertiary/aromatic N) is 3. The maximum absolute atomic E-state index is 8.49. The predicted octanol–water partition coefficient (Wildman–Crippen LogP) is -0.0745. The summed E-state index contributed by atoms with van der Waals surface area (Å²) in [5, 5.41) is 15.3. The molecule has 0 spiro atoms. The van der Waals surface area contributed by atoms with Crippen LogP contribution in [0.5, 0.6) is 0 Å². The third kappa shape index (κ3) is 1.34. The van der Waals surface area contributed by atoms with Gasteiger partial charge in [0.25, 0.3) is 5.70 Å². The normalized spacial score (nSPS) is 8.36. The largest absolute Gasteiger partial charge is 0.271 e. The van der Waals surface area contributed by atoms with Gasteiger partial charge in [0.05, 0.1) is 7.05 Å². The predicted molar refractivity (Wildman–Crippen MR) is 38.7 cm³/mol. The van der Waals surface area contributed by atoms with Crippen molar-refractivity contribution >= 4 is 11.6 Å². The lowest BCUT2D eigenvalue weighted by atomic mass is 10.5. The standard InChI is InChI=1S/C7H7N4/c1-10-2-3-11(6-10)7(4-8)5-9/h2-3,6,8H,1H3/q+1. The van der Waals surface area contributed by atoms with Gasteiger partial charge in [0, 0.05) is 5.87 Å². The van der Waals surface area contributed by atoms with Gasteiger partial charge in [-0.3, -0.25) is 5.41 Å². The van der Waals surface area contributed by atoms with Crippen LogP contribution in [0, 0.1) is 16.7 Å². The minimum atomic E-state index is 0.186. The van der Waals surface area contributed by atoms with Crippen molar-refractivity contribution in [1.82, 2.24) is 4.57 Å². The molecule has 0 amide bonds. The first kappa shape index (κ1) is 7.26. The second-order valence-electron chi connectivity index (χ2n) is 2.07. The van der Waals surface area contributed by atoms with Gasteiger partial charge in [-0.1, -0.05) is 0 Å². The molecule has 54 valence electrons. The molecule has 1 N–H and O–H groups in total. The van der Waals surface area contributed by atoms with Crippen LogP contribution in [0.4, 0.5) is 0 Å². The molecular weight excluding hydrogens is 140 g/mol. The third-order valence-electron chi connectivity index (χ3n) is 1.25. The maximum Gasteiger partial charge on any atom is 0.271 e. The zero-order chi connectivity index (χ0) is 8.27. The van der Waals surface area contributed by atoms with E-state index in [1.165, 1.54) is 4.57 Å². The van der Waals surface area contributed by atoms with Crippen LogP contribution in [-0.2, 0) is 7.05 Å². The lowest BCUT2D eigenvalue weighted by Crippen LogP contribution is -2.23. The first-order valence-electron chi connectivity index (χ1n) is 3.01. The molecule has 0 aliphatic carbocycles. The topological polar surface area (TPSA) is 56.4 Å². The van der Waals surface area contributed by atoms with Crippen LogP contribution in [0.2, 0.25) is 0 Å². The summed E-state index contributed by atoms with van der Waals surface area (Å²) in [7, 11) is 1.84. The Morgan fingerprint density at radius 1 is 1.73 bits per heavy atom. The Hall–Kier alpha value is -1.85. The van der Waals surface area contributed by atoms with Gasteiger partial charge < -0.3 is 0 Å². The van der Waals surface area contributed by atoms with Crippen LogP contribution in [0.15, 0.2) is 18.7 Å². The monoisotopic (exact) mass is 147 g/mol. The molecule has 0 unspecified atom stereocenters. The molecule has 0 bridgehead atoms. The van der Waals surface area contributed by atoms with E-state index < -0.39 is 0 Å². The number of allylic oxidation sites excluding steroid dienone is 1. The molecule has 1 rings (SSSR count). The van der Waals surface area contributed by atoms with Gasteiger partial charge >= 0.3 is 0 Å². The highest BCUT2D eigenvalue weighted by Gasteiger charge is 2.04. The summed E-state index contributed by atoms with van der Waals surface area (Å²) in [5.74, 6) is 2.04. The highest BCUT2D eigenvalue weighted by atomic mass is 15.1. The number of imidazole rings is 1. The Bertz CT molecular complexity index is 349. The van der Waals surface area contributed by atoms with Crippen LogP contribution in [0.3, 0.4) is 0 Å². The summed E-state index contributed by atoms with van der Waals surface area (Å²) in [6.07, 6.45) is 5.18. The van der Waals surface area contributed by atoms with Crippen molar-refractivity contribution in [2.45, 2.75) is 0 Å². The molecule has 0 aliphatic rings. The average Bonchev–Trinajstić information content (AvgIpc) is 2.39. The van der Waals surface area contributed by atoms with E-state index in [0.29, 0.717) is 0 Å². The van der Waals surface area contributed by atoms with Gasteiger partial charge in [-0.05, 0) is 0 Å². The SMILES string of the molecule is C[n+]1ccn(C(=C=N)C#N)c1. The molecule has 1 heterocycles. The lowest BCUT2D eigenvalue weighted by molar-refractivity contribution is -0.670. The molecule has 4 heteroatoms. The van der Waals surface area contributed by atoms with Crippen molar-refractivity contribution in [2.75, 3.05) is 0 Å². The fraction of sp³-hybridized carbons (Fsp3) is 0.143. The highest BCUT2D eigenvalue weighted by Crippen LogP contribution is 1.94. The van der Waals surface area contributed by atoms with E-state index in [-0.39, 0.29) is 5.70 Å². The number of nitriles is 1. The molecule has 1 aromatic heterocycles. The number of aryl methyl sites for hydroxylation is 1. The Balaban J connectivity index is 3.14. The molecule has 0 saturated carbocycles. The van der Waals surface area contributed by atoms with Crippen molar-refractivity contribution in [3.8, 4) is 6.07 Å². The molecule has 0 fully saturated rings. The number of aromatic nitrogens is 2. The van der Waals surface area contributed by atoms with E-state index in [1.54, 1.807) is 23.3 Å². The van der Waals surface area contributed by atoms with Gasteiger partial charge in [0.1, 0.15) is 12.4 Å². The average molecular weight is 147 g/mol. The van der Waals surface area contributed by atoms with Crippen LogP contribution in [0.1, 0.15) is 0 Å². The Labute approximate surface area is 64.1 Å². The molecule has 0 aromatic carbocycles. The molecule has 0 radical (unpaired) electrons. The van der Waals surface area contributed by atoms with E-state index in [9.17, 15) is 0 Å². The van der Waals surface area contributed by atoms with E-state index in [0.717, 1.165) is 0 Å². The van der Waals surface area contributed by atoms with Crippen LogP contribution < -0.4 is 4.57 Å². The summed E-state index contributed by atoms with van der Waals surface area (Å²) in [6, 6.07) is 1.85. The van der Waals surface area contributed by atoms with Gasteiger partial charge in [0.15, 0.2) is 6.07 Å². The van der Waals surface area contributed by atoms with Crippen molar-refractivity contribution in [3.05, 3.63) is 18.7 Å². The van der Waals surface area contributed by atoms with Crippen molar-refractivity contribution in [1.29, 1.82) is 10.7 Å². The Morgan fingerprint density at radius 2 is 2.45 bits per heavy atom. The van der Waals surface area contributed by atoms with Gasteiger partial charge in [-0.2, -0.15) is 9.83 Å². The molecule has 1 aromatic rings. The third-order valence-corrected chi connectivity index (χ3v) is 1.25. The molecule has 4 nitrogen and oxygen atoms in total. The van der Waals surface area contributed by atoms with E-state index >= 15 is 0 Å². The zero-order valence-electron chi connectivity index (χ0n) is 6.07. The molecule has 0 aliphatic heterocycles. The second kappa shape index (κ2) is 2.82. The van der Waals surface area contributed by atoms with E-state index in [4.69, 9.17) is 10.7 Å². The lowest BCUT2D eigenvalue weighted by Gasteiger charge is -1.82. The second-order valence-corrected chi connectivity index (χ2v) is 2.07. The quantitative estimate of drug-likeness (QED) is 0.337. The summed E-state index contributed by atoms with van der Waals surface area (Å²) in [6.45, 7) is 0.